The Bertz CT molecular complexity index is 576. The van der Waals surface area contributed by atoms with E-state index in [1.54, 1.807) is 0 Å². The summed E-state index contributed by atoms with van der Waals surface area (Å²) in [6.07, 6.45) is 4.69. The van der Waals surface area contributed by atoms with Gasteiger partial charge in [0, 0.05) is 0 Å². The van der Waals surface area contributed by atoms with Gasteiger partial charge in [-0.15, -0.1) is 0 Å². The standard InChI is InChI=1S/C17H22N2OS/c1-11-6-8-17(9-7-11,16(18)21)19-15(20)14-10-12-4-2-3-5-13(12)14/h2-5,11,14H,6-10H2,1H3,(H2,18,21)(H,19,20). The van der Waals surface area contributed by atoms with E-state index < -0.39 is 5.54 Å². The van der Waals surface area contributed by atoms with Gasteiger partial charge in [0.15, 0.2) is 0 Å². The number of thiocarbonyl (C=S) groups is 1. The molecule has 0 radical (unpaired) electrons. The lowest BCUT2D eigenvalue weighted by Crippen LogP contribution is -2.59. The van der Waals surface area contributed by atoms with E-state index in [1.165, 1.54) is 5.56 Å². The third-order valence-corrected chi connectivity index (χ3v) is 5.52. The lowest BCUT2D eigenvalue weighted by Gasteiger charge is -2.41. The van der Waals surface area contributed by atoms with Crippen LogP contribution in [-0.4, -0.2) is 16.4 Å². The second kappa shape index (κ2) is 5.41. The number of fused-ring (bicyclic) bond motifs is 1. The molecule has 0 aromatic heterocycles. The van der Waals surface area contributed by atoms with Crippen molar-refractivity contribution in [3.8, 4) is 0 Å². The molecule has 0 spiro atoms. The van der Waals surface area contributed by atoms with Crippen molar-refractivity contribution in [1.82, 2.24) is 5.32 Å². The first-order chi connectivity index (χ1) is 10.0. The maximum atomic E-state index is 12.6. The van der Waals surface area contributed by atoms with Gasteiger partial charge in [0.1, 0.15) is 0 Å². The van der Waals surface area contributed by atoms with Gasteiger partial charge in [-0.1, -0.05) is 43.4 Å². The van der Waals surface area contributed by atoms with Crippen LogP contribution in [-0.2, 0) is 11.2 Å². The maximum Gasteiger partial charge on any atom is 0.228 e. The van der Waals surface area contributed by atoms with E-state index in [4.69, 9.17) is 18.0 Å². The highest BCUT2D eigenvalue weighted by atomic mass is 32.1. The van der Waals surface area contributed by atoms with Crippen LogP contribution < -0.4 is 11.1 Å². The Morgan fingerprint density at radius 3 is 2.62 bits per heavy atom. The lowest BCUT2D eigenvalue weighted by molar-refractivity contribution is -0.124. The molecule has 0 aliphatic heterocycles. The van der Waals surface area contributed by atoms with Crippen LogP contribution in [0.25, 0.3) is 0 Å². The summed E-state index contributed by atoms with van der Waals surface area (Å²) in [6, 6.07) is 8.14. The summed E-state index contributed by atoms with van der Waals surface area (Å²) in [5.41, 5.74) is 7.93. The molecule has 1 fully saturated rings. The Hall–Kier alpha value is -1.42. The van der Waals surface area contributed by atoms with Gasteiger partial charge in [0.25, 0.3) is 0 Å². The summed E-state index contributed by atoms with van der Waals surface area (Å²) in [4.78, 5) is 13.1. The molecule has 1 aromatic rings. The Balaban J connectivity index is 1.73. The summed E-state index contributed by atoms with van der Waals surface area (Å²) >= 11 is 5.27. The first-order valence-electron chi connectivity index (χ1n) is 7.71. The summed E-state index contributed by atoms with van der Waals surface area (Å²) in [7, 11) is 0. The van der Waals surface area contributed by atoms with Gasteiger partial charge in [-0.25, -0.2) is 0 Å². The average Bonchev–Trinajstić information content (AvgIpc) is 2.43. The molecule has 0 saturated heterocycles. The van der Waals surface area contributed by atoms with Crippen LogP contribution in [0.15, 0.2) is 24.3 Å². The number of carbonyl (C=O) groups is 1. The molecule has 4 heteroatoms. The van der Waals surface area contributed by atoms with Gasteiger partial charge < -0.3 is 11.1 Å². The van der Waals surface area contributed by atoms with Crippen molar-refractivity contribution in [3.05, 3.63) is 35.4 Å². The largest absolute Gasteiger partial charge is 0.391 e. The van der Waals surface area contributed by atoms with Crippen molar-refractivity contribution >= 4 is 23.1 Å². The van der Waals surface area contributed by atoms with E-state index in [0.29, 0.717) is 10.9 Å². The Labute approximate surface area is 131 Å². The summed E-state index contributed by atoms with van der Waals surface area (Å²) in [5.74, 6) is 0.733. The van der Waals surface area contributed by atoms with Gasteiger partial charge in [0.05, 0.1) is 16.4 Å². The van der Waals surface area contributed by atoms with E-state index in [2.05, 4.69) is 18.3 Å². The van der Waals surface area contributed by atoms with E-state index in [-0.39, 0.29) is 11.8 Å². The summed E-state index contributed by atoms with van der Waals surface area (Å²) in [6.45, 7) is 2.24. The van der Waals surface area contributed by atoms with Gasteiger partial charge in [0.2, 0.25) is 5.91 Å². The molecule has 1 saturated carbocycles. The zero-order valence-electron chi connectivity index (χ0n) is 12.4. The van der Waals surface area contributed by atoms with Crippen LogP contribution in [0.5, 0.6) is 0 Å². The third-order valence-electron chi connectivity index (χ3n) is 5.13. The third kappa shape index (κ3) is 2.57. The molecular formula is C17H22N2OS. The fraction of sp³-hybridized carbons (Fsp3) is 0.529. The highest BCUT2D eigenvalue weighted by molar-refractivity contribution is 7.80. The number of nitrogens with two attached hydrogens (primary N) is 1. The molecule has 112 valence electrons. The zero-order valence-corrected chi connectivity index (χ0v) is 13.2. The second-order valence-corrected chi connectivity index (χ2v) is 7.01. The van der Waals surface area contributed by atoms with E-state index in [0.717, 1.165) is 37.7 Å². The van der Waals surface area contributed by atoms with E-state index >= 15 is 0 Å². The van der Waals surface area contributed by atoms with Crippen molar-refractivity contribution in [2.24, 2.45) is 11.7 Å². The molecule has 2 aliphatic carbocycles. The molecule has 2 aliphatic rings. The molecule has 3 nitrogen and oxygen atoms in total. The quantitative estimate of drug-likeness (QED) is 0.844. The predicted molar refractivity (Wildman–Crippen MR) is 88.2 cm³/mol. The van der Waals surface area contributed by atoms with Crippen molar-refractivity contribution < 1.29 is 4.79 Å². The number of amides is 1. The van der Waals surface area contributed by atoms with Crippen molar-refractivity contribution in [2.45, 2.75) is 50.5 Å². The number of hydrogen-bond donors (Lipinski definition) is 2. The Morgan fingerprint density at radius 1 is 1.33 bits per heavy atom. The summed E-state index contributed by atoms with van der Waals surface area (Å²) in [5, 5.41) is 3.19. The normalized spacial score (nSPS) is 30.9. The number of carbonyl (C=O) groups excluding carboxylic acids is 1. The van der Waals surface area contributed by atoms with Crippen LogP contribution in [0.2, 0.25) is 0 Å². The SMILES string of the molecule is CC1CCC(NC(=O)C2Cc3ccccc32)(C(N)=S)CC1. The minimum absolute atomic E-state index is 0.0354. The van der Waals surface area contributed by atoms with Crippen molar-refractivity contribution in [1.29, 1.82) is 0 Å². The maximum absolute atomic E-state index is 12.6. The van der Waals surface area contributed by atoms with Crippen molar-refractivity contribution in [3.63, 3.8) is 0 Å². The number of hydrogen-bond acceptors (Lipinski definition) is 2. The number of nitrogens with one attached hydrogen (secondary N) is 1. The molecule has 0 bridgehead atoms. The fourth-order valence-corrected chi connectivity index (χ4v) is 3.76. The average molecular weight is 302 g/mol. The monoisotopic (exact) mass is 302 g/mol. The molecule has 1 unspecified atom stereocenters. The molecule has 1 atom stereocenters. The van der Waals surface area contributed by atoms with Gasteiger partial charge in [-0.05, 0) is 49.1 Å². The lowest BCUT2D eigenvalue weighted by atomic mass is 9.74. The molecular weight excluding hydrogens is 280 g/mol. The number of rotatable bonds is 3. The Morgan fingerprint density at radius 2 is 2.00 bits per heavy atom. The van der Waals surface area contributed by atoms with Crippen LogP contribution in [0, 0.1) is 5.92 Å². The molecule has 3 N–H and O–H groups in total. The van der Waals surface area contributed by atoms with Crippen LogP contribution >= 0.6 is 12.2 Å². The molecule has 3 rings (SSSR count). The van der Waals surface area contributed by atoms with Crippen LogP contribution in [0.1, 0.15) is 49.7 Å². The van der Waals surface area contributed by atoms with Crippen LogP contribution in [0.3, 0.4) is 0 Å². The van der Waals surface area contributed by atoms with E-state index in [1.807, 2.05) is 18.2 Å². The topological polar surface area (TPSA) is 55.1 Å². The first kappa shape index (κ1) is 14.5. The zero-order chi connectivity index (χ0) is 15.0. The molecule has 21 heavy (non-hydrogen) atoms. The highest BCUT2D eigenvalue weighted by Crippen LogP contribution is 2.37. The smallest absolute Gasteiger partial charge is 0.228 e. The van der Waals surface area contributed by atoms with Crippen LogP contribution in [0.4, 0.5) is 0 Å². The molecule has 0 heterocycles. The van der Waals surface area contributed by atoms with Crippen molar-refractivity contribution in [2.75, 3.05) is 0 Å². The number of benzene rings is 1. The van der Waals surface area contributed by atoms with Gasteiger partial charge in [-0.3, -0.25) is 4.79 Å². The predicted octanol–water partition coefficient (Wildman–Crippen LogP) is 2.68. The summed E-state index contributed by atoms with van der Waals surface area (Å²) < 4.78 is 0. The minimum Gasteiger partial charge on any atom is -0.391 e. The molecule has 1 amide bonds. The fourth-order valence-electron chi connectivity index (χ4n) is 3.50. The van der Waals surface area contributed by atoms with Gasteiger partial charge in [-0.2, -0.15) is 0 Å². The Kier molecular flexibility index (Phi) is 3.74. The first-order valence-corrected chi connectivity index (χ1v) is 8.12. The molecule has 1 aromatic carbocycles. The minimum atomic E-state index is -0.469. The van der Waals surface area contributed by atoms with E-state index in [9.17, 15) is 4.79 Å². The highest BCUT2D eigenvalue weighted by Gasteiger charge is 2.41. The van der Waals surface area contributed by atoms with Gasteiger partial charge >= 0.3 is 0 Å². The second-order valence-electron chi connectivity index (χ2n) is 6.57.